The molecule has 20 heavy (non-hydrogen) atoms. The Morgan fingerprint density at radius 1 is 1.35 bits per heavy atom. The van der Waals surface area contributed by atoms with Crippen molar-refractivity contribution in [1.82, 2.24) is 0 Å². The van der Waals surface area contributed by atoms with Crippen molar-refractivity contribution in [1.29, 1.82) is 5.41 Å². The van der Waals surface area contributed by atoms with Gasteiger partial charge in [-0.3, -0.25) is 5.41 Å². The number of halogens is 2. The van der Waals surface area contributed by atoms with Crippen LogP contribution in [0.3, 0.4) is 0 Å². The van der Waals surface area contributed by atoms with Crippen LogP contribution in [0, 0.1) is 11.2 Å². The maximum absolute atomic E-state index is 14.2. The van der Waals surface area contributed by atoms with Gasteiger partial charge in [-0.05, 0) is 52.2 Å². The van der Waals surface area contributed by atoms with E-state index in [4.69, 9.17) is 15.9 Å². The lowest BCUT2D eigenvalue weighted by atomic mass is 10.1. The minimum atomic E-state index is -0.570. The lowest BCUT2D eigenvalue weighted by Gasteiger charge is -2.11. The third-order valence-electron chi connectivity index (χ3n) is 2.87. The Morgan fingerprint density at radius 2 is 2.10 bits per heavy atom. The number of benzene rings is 2. The third-order valence-corrected chi connectivity index (χ3v) is 3.65. The van der Waals surface area contributed by atoms with Gasteiger partial charge in [0.05, 0.1) is 4.47 Å². The van der Waals surface area contributed by atoms with Gasteiger partial charge in [-0.25, -0.2) is 4.39 Å². The molecule has 0 atom stereocenters. The largest absolute Gasteiger partial charge is 0.454 e. The fourth-order valence-corrected chi connectivity index (χ4v) is 2.32. The first-order chi connectivity index (χ1) is 9.52. The number of nitrogens with two attached hydrogens (primary N) is 1. The lowest BCUT2D eigenvalue weighted by Crippen LogP contribution is -2.12. The Balaban J connectivity index is 2.34. The van der Waals surface area contributed by atoms with Gasteiger partial charge < -0.3 is 10.5 Å². The van der Waals surface area contributed by atoms with Crippen molar-refractivity contribution in [2.45, 2.75) is 13.3 Å². The number of hydrogen-bond acceptors (Lipinski definition) is 2. The van der Waals surface area contributed by atoms with Gasteiger partial charge in [0.1, 0.15) is 11.6 Å². The molecular formula is C15H14BrFN2O. The monoisotopic (exact) mass is 336 g/mol. The third kappa shape index (κ3) is 2.99. The van der Waals surface area contributed by atoms with E-state index in [-0.39, 0.29) is 16.1 Å². The van der Waals surface area contributed by atoms with Crippen molar-refractivity contribution in [3.63, 3.8) is 0 Å². The van der Waals surface area contributed by atoms with E-state index in [0.717, 1.165) is 12.0 Å². The molecule has 3 N–H and O–H groups in total. The first kappa shape index (κ1) is 14.5. The molecule has 0 radical (unpaired) electrons. The molecule has 0 bridgehead atoms. The highest BCUT2D eigenvalue weighted by atomic mass is 79.9. The zero-order valence-electron chi connectivity index (χ0n) is 10.9. The molecule has 2 aromatic carbocycles. The van der Waals surface area contributed by atoms with Crippen LogP contribution in [0.4, 0.5) is 4.39 Å². The second kappa shape index (κ2) is 6.05. The van der Waals surface area contributed by atoms with Crippen LogP contribution in [0.5, 0.6) is 11.5 Å². The summed E-state index contributed by atoms with van der Waals surface area (Å²) in [5.74, 6) is -0.101. The van der Waals surface area contributed by atoms with Gasteiger partial charge >= 0.3 is 0 Å². The van der Waals surface area contributed by atoms with Crippen LogP contribution >= 0.6 is 15.9 Å². The molecule has 2 aromatic rings. The van der Waals surface area contributed by atoms with Gasteiger partial charge in [-0.1, -0.05) is 19.1 Å². The molecule has 0 aliphatic carbocycles. The van der Waals surface area contributed by atoms with E-state index in [0.29, 0.717) is 11.3 Å². The summed E-state index contributed by atoms with van der Waals surface area (Å²) in [5, 5.41) is 7.36. The van der Waals surface area contributed by atoms with Crippen molar-refractivity contribution >= 4 is 21.8 Å². The molecule has 0 saturated heterocycles. The maximum Gasteiger partial charge on any atom is 0.180 e. The molecule has 0 saturated carbocycles. The number of nitrogen functional groups attached to an aromatic ring is 1. The van der Waals surface area contributed by atoms with E-state index in [1.165, 1.54) is 6.07 Å². The smallest absolute Gasteiger partial charge is 0.180 e. The first-order valence-electron chi connectivity index (χ1n) is 6.12. The molecule has 104 valence electrons. The summed E-state index contributed by atoms with van der Waals surface area (Å²) in [5.41, 5.74) is 6.79. The number of hydrogen-bond donors (Lipinski definition) is 2. The van der Waals surface area contributed by atoms with Crippen LogP contribution in [-0.4, -0.2) is 5.84 Å². The summed E-state index contributed by atoms with van der Waals surface area (Å²) in [6.07, 6.45) is 0.882. The molecule has 3 nitrogen and oxygen atoms in total. The molecule has 0 amide bonds. The van der Waals surface area contributed by atoms with E-state index in [2.05, 4.69) is 15.9 Å². The lowest BCUT2D eigenvalue weighted by molar-refractivity contribution is 0.440. The first-order valence-corrected chi connectivity index (χ1v) is 6.91. The Morgan fingerprint density at radius 3 is 2.75 bits per heavy atom. The van der Waals surface area contributed by atoms with E-state index in [1.54, 1.807) is 12.1 Å². The van der Waals surface area contributed by atoms with Crippen LogP contribution in [0.1, 0.15) is 18.1 Å². The highest BCUT2D eigenvalue weighted by Gasteiger charge is 2.14. The summed E-state index contributed by atoms with van der Waals surface area (Å²) in [6.45, 7) is 2.04. The summed E-state index contributed by atoms with van der Waals surface area (Å²) in [4.78, 5) is 0. The van der Waals surface area contributed by atoms with Crippen LogP contribution in [-0.2, 0) is 6.42 Å². The fourth-order valence-electron chi connectivity index (χ4n) is 1.77. The minimum Gasteiger partial charge on any atom is -0.454 e. The topological polar surface area (TPSA) is 59.1 Å². The van der Waals surface area contributed by atoms with Gasteiger partial charge in [-0.15, -0.1) is 0 Å². The molecule has 2 rings (SSSR count). The molecule has 0 fully saturated rings. The summed E-state index contributed by atoms with van der Waals surface area (Å²) >= 11 is 3.10. The molecule has 0 aliphatic heterocycles. The fraction of sp³-hybridized carbons (Fsp3) is 0.133. The molecule has 0 aliphatic rings. The Labute approximate surface area is 125 Å². The average Bonchev–Trinajstić information content (AvgIpc) is 2.44. The Kier molecular flexibility index (Phi) is 4.39. The highest BCUT2D eigenvalue weighted by Crippen LogP contribution is 2.31. The second-order valence-corrected chi connectivity index (χ2v) is 5.05. The van der Waals surface area contributed by atoms with Crippen molar-refractivity contribution in [3.05, 3.63) is 57.8 Å². The number of nitrogens with one attached hydrogen (secondary N) is 1. The molecule has 0 spiro atoms. The van der Waals surface area contributed by atoms with Gasteiger partial charge in [0, 0.05) is 5.56 Å². The molecule has 0 heterocycles. The van der Waals surface area contributed by atoms with Gasteiger partial charge in [0.25, 0.3) is 0 Å². The van der Waals surface area contributed by atoms with Crippen molar-refractivity contribution < 1.29 is 9.13 Å². The summed E-state index contributed by atoms with van der Waals surface area (Å²) in [6, 6.07) is 10.5. The van der Waals surface area contributed by atoms with E-state index < -0.39 is 5.82 Å². The van der Waals surface area contributed by atoms with E-state index in [1.807, 2.05) is 25.1 Å². The second-order valence-electron chi connectivity index (χ2n) is 4.26. The Bertz CT molecular complexity index is 658. The number of rotatable bonds is 4. The molecule has 0 aromatic heterocycles. The van der Waals surface area contributed by atoms with Crippen LogP contribution < -0.4 is 10.5 Å². The molecule has 5 heteroatoms. The summed E-state index contributed by atoms with van der Waals surface area (Å²) < 4.78 is 19.9. The summed E-state index contributed by atoms with van der Waals surface area (Å²) in [7, 11) is 0. The van der Waals surface area contributed by atoms with E-state index in [9.17, 15) is 4.39 Å². The number of aryl methyl sites for hydroxylation is 1. The molecule has 0 unspecified atom stereocenters. The quantitative estimate of drug-likeness (QED) is 0.648. The van der Waals surface area contributed by atoms with Gasteiger partial charge in [-0.2, -0.15) is 0 Å². The minimum absolute atomic E-state index is 0.0927. The SMILES string of the molecule is CCc1cccc(Oc2ccc(C(=N)N)c(Br)c2F)c1. The predicted molar refractivity (Wildman–Crippen MR) is 81.0 cm³/mol. The Hall–Kier alpha value is -1.88. The average molecular weight is 337 g/mol. The van der Waals surface area contributed by atoms with Crippen molar-refractivity contribution in [3.8, 4) is 11.5 Å². The highest BCUT2D eigenvalue weighted by molar-refractivity contribution is 9.10. The number of amidine groups is 1. The van der Waals surface area contributed by atoms with E-state index >= 15 is 0 Å². The standard InChI is InChI=1S/C15H14BrFN2O/c1-2-9-4-3-5-10(8-9)20-12-7-6-11(15(18)19)13(16)14(12)17/h3-8H,2H2,1H3,(H3,18,19). The normalized spacial score (nSPS) is 10.3. The van der Waals surface area contributed by atoms with Crippen LogP contribution in [0.2, 0.25) is 0 Å². The van der Waals surface area contributed by atoms with Crippen molar-refractivity contribution in [2.75, 3.05) is 0 Å². The van der Waals surface area contributed by atoms with Crippen LogP contribution in [0.25, 0.3) is 0 Å². The zero-order valence-corrected chi connectivity index (χ0v) is 12.5. The van der Waals surface area contributed by atoms with Crippen LogP contribution in [0.15, 0.2) is 40.9 Å². The van der Waals surface area contributed by atoms with Crippen molar-refractivity contribution in [2.24, 2.45) is 5.73 Å². The molecular weight excluding hydrogens is 323 g/mol. The predicted octanol–water partition coefficient (Wildman–Crippen LogP) is 4.23. The maximum atomic E-state index is 14.2. The van der Waals surface area contributed by atoms with Gasteiger partial charge in [0.2, 0.25) is 0 Å². The van der Waals surface area contributed by atoms with Gasteiger partial charge in [0.15, 0.2) is 11.6 Å². The zero-order chi connectivity index (χ0) is 14.7. The number of ether oxygens (including phenoxy) is 1.